The normalized spacial score (nSPS) is 11.8. The first-order valence-corrected chi connectivity index (χ1v) is 34.8. The van der Waals surface area contributed by atoms with Crippen LogP contribution < -0.4 is 0 Å². The maximum Gasteiger partial charge on any atom is 2.00 e. The van der Waals surface area contributed by atoms with Crippen molar-refractivity contribution >= 4 is 79.5 Å². The van der Waals surface area contributed by atoms with Crippen LogP contribution in [-0.2, 0) is 45.9 Å². The van der Waals surface area contributed by atoms with E-state index in [0.29, 0.717) is 10.8 Å². The number of rotatable bonds is 46. The Hall–Kier alpha value is -1.52. The summed E-state index contributed by atoms with van der Waals surface area (Å²) in [5, 5.41) is 3.29. The van der Waals surface area contributed by atoms with E-state index in [2.05, 4.69) is 27.7 Å². The van der Waals surface area contributed by atoms with E-state index in [1.54, 1.807) is 12.1 Å². The first-order chi connectivity index (χ1) is 37.0. The van der Waals surface area contributed by atoms with Crippen molar-refractivity contribution in [3.63, 3.8) is 0 Å². The molecule has 9 heteroatoms. The summed E-state index contributed by atoms with van der Waals surface area (Å²) in [6.45, 7) is 9.03. The van der Waals surface area contributed by atoms with E-state index in [4.69, 9.17) is 0 Å². The Morgan fingerprint density at radius 2 is 0.481 bits per heavy atom. The van der Waals surface area contributed by atoms with Crippen LogP contribution in [0.3, 0.4) is 0 Å². The Morgan fingerprint density at radius 1 is 0.273 bits per heavy atom. The average molecular weight is 1130 g/mol. The summed E-state index contributed by atoms with van der Waals surface area (Å²) in [5.74, 6) is 0. The quantitative estimate of drug-likeness (QED) is 0.0247. The Kier molecular flexibility index (Phi) is 41.9. The fraction of sp³-hybridized carbons (Fsp3) is 0.706. The zero-order valence-electron chi connectivity index (χ0n) is 49.9. The van der Waals surface area contributed by atoms with Gasteiger partial charge in [0.05, 0.1) is 9.79 Å². The largest absolute Gasteiger partial charge is 2.00 e. The van der Waals surface area contributed by atoms with Crippen LogP contribution in [0.1, 0.15) is 307 Å². The predicted octanol–water partition coefficient (Wildman–Crippen LogP) is 21.0. The zero-order chi connectivity index (χ0) is 55.0. The second-order valence-corrected chi connectivity index (χ2v) is 25.5. The van der Waals surface area contributed by atoms with Gasteiger partial charge in [0.15, 0.2) is 0 Å². The number of unbranched alkanes of at least 4 members (excludes halogenated alkanes) is 36. The predicted molar refractivity (Wildman–Crippen MR) is 332 cm³/mol. The van der Waals surface area contributed by atoms with Crippen LogP contribution in [0.25, 0.3) is 21.5 Å². The molecule has 0 aliphatic heterocycles. The van der Waals surface area contributed by atoms with E-state index in [1.165, 1.54) is 229 Å². The Bertz CT molecular complexity index is 2160. The first kappa shape index (κ1) is 71.6. The van der Waals surface area contributed by atoms with Gasteiger partial charge in [0.25, 0.3) is 0 Å². The van der Waals surface area contributed by atoms with Crippen LogP contribution in [-0.4, -0.2) is 63.7 Å². The van der Waals surface area contributed by atoms with Gasteiger partial charge in [-0.2, -0.15) is 0 Å². The maximum absolute atomic E-state index is 12.1. The third-order valence-corrected chi connectivity index (χ3v) is 17.9. The van der Waals surface area contributed by atoms with Crippen LogP contribution in [0.4, 0.5) is 0 Å². The summed E-state index contributed by atoms with van der Waals surface area (Å²) in [4.78, 5) is -0.0796. The topological polar surface area (TPSA) is 114 Å². The van der Waals surface area contributed by atoms with Crippen LogP contribution in [0, 0.1) is 0 Å². The molecule has 0 saturated carbocycles. The molecule has 0 atom stereocenters. The summed E-state index contributed by atoms with van der Waals surface area (Å²) in [5.41, 5.74) is 4.39. The van der Waals surface area contributed by atoms with Gasteiger partial charge >= 0.3 is 37.7 Å². The van der Waals surface area contributed by atoms with Crippen molar-refractivity contribution in [1.29, 1.82) is 0 Å². The summed E-state index contributed by atoms with van der Waals surface area (Å²) >= 11 is 0. The van der Waals surface area contributed by atoms with Crippen molar-refractivity contribution in [2.24, 2.45) is 0 Å². The molecule has 6 nitrogen and oxygen atoms in total. The maximum atomic E-state index is 12.1. The summed E-state index contributed by atoms with van der Waals surface area (Å²) < 4.78 is 72.8. The van der Waals surface area contributed by atoms with E-state index >= 15 is 0 Å². The molecule has 0 amide bonds. The van der Waals surface area contributed by atoms with Crippen LogP contribution >= 0.6 is 0 Å². The SMILES string of the molecule is CCCCCCCCCCCCc1ccc(S(=O)(=O)[O-])c2c(CCCCCCCCCCCC)cccc12.CCCCCCCCCCCCc1ccc(S(=O)(=O)[O-])c2c(CCCCCCCCCCCC)cccc12.[Ca+2]. The molecule has 4 aromatic rings. The Balaban J connectivity index is 0.000000520. The fourth-order valence-electron chi connectivity index (χ4n) is 11.5. The van der Waals surface area contributed by atoms with Crippen molar-refractivity contribution in [2.45, 2.75) is 320 Å². The van der Waals surface area contributed by atoms with Crippen LogP contribution in [0.15, 0.2) is 70.5 Å². The minimum Gasteiger partial charge on any atom is -0.744 e. The number of fused-ring (bicyclic) bond motifs is 2. The molecule has 0 aliphatic rings. The van der Waals surface area contributed by atoms with Crippen LogP contribution in [0.5, 0.6) is 0 Å². The minimum absolute atomic E-state index is 0. The van der Waals surface area contributed by atoms with Gasteiger partial charge in [0.2, 0.25) is 0 Å². The third-order valence-electron chi connectivity index (χ3n) is 16.1. The van der Waals surface area contributed by atoms with Crippen molar-refractivity contribution in [1.82, 2.24) is 0 Å². The first-order valence-electron chi connectivity index (χ1n) is 32.0. The standard InChI is InChI=1S/2C34H56O3S.Ca/c2*1-3-5-7-9-11-13-15-17-19-21-24-30-28-29-33(38(35,36)37)34-31(26-23-27-32(30)34)25-22-20-18-16-14-12-10-8-6-4-2;/h2*23,26-29H,3-22,24-25H2,1-2H3,(H,35,36,37);/q;;+2/p-2. The van der Waals surface area contributed by atoms with E-state index in [-0.39, 0.29) is 47.5 Å². The molecule has 0 aromatic heterocycles. The molecule has 4 aromatic carbocycles. The molecule has 4 rings (SSSR count). The van der Waals surface area contributed by atoms with Gasteiger partial charge in [-0.05, 0) is 96.5 Å². The number of aryl methyl sites for hydroxylation is 4. The van der Waals surface area contributed by atoms with Crippen molar-refractivity contribution in [3.8, 4) is 0 Å². The minimum atomic E-state index is -4.52. The molecule has 0 aliphatic carbocycles. The second-order valence-electron chi connectivity index (χ2n) is 22.8. The summed E-state index contributed by atoms with van der Waals surface area (Å²) in [6.07, 6.45) is 55.0. The molecule has 0 radical (unpaired) electrons. The third kappa shape index (κ3) is 30.9. The molecule has 0 spiro atoms. The smallest absolute Gasteiger partial charge is 0.744 e. The second kappa shape index (κ2) is 45.1. The van der Waals surface area contributed by atoms with Gasteiger partial charge in [-0.15, -0.1) is 0 Å². The number of benzene rings is 4. The molecular formula is C68H110CaO6S2. The van der Waals surface area contributed by atoms with Crippen LogP contribution in [0.2, 0.25) is 0 Å². The molecular weight excluding hydrogens is 1020 g/mol. The van der Waals surface area contributed by atoms with Gasteiger partial charge in [-0.25, -0.2) is 16.8 Å². The molecule has 0 unspecified atom stereocenters. The molecule has 0 fully saturated rings. The Morgan fingerprint density at radius 3 is 0.701 bits per heavy atom. The monoisotopic (exact) mass is 1130 g/mol. The molecule has 0 heterocycles. The summed E-state index contributed by atoms with van der Waals surface area (Å²) in [6, 6.07) is 19.0. The van der Waals surface area contributed by atoms with Gasteiger partial charge < -0.3 is 9.11 Å². The van der Waals surface area contributed by atoms with Gasteiger partial charge in [0.1, 0.15) is 20.2 Å². The number of hydrogen-bond donors (Lipinski definition) is 0. The van der Waals surface area contributed by atoms with Gasteiger partial charge in [-0.1, -0.05) is 307 Å². The molecule has 0 saturated heterocycles. The van der Waals surface area contributed by atoms with E-state index in [9.17, 15) is 25.9 Å². The van der Waals surface area contributed by atoms with E-state index < -0.39 is 20.2 Å². The molecule has 432 valence electrons. The molecule has 0 N–H and O–H groups in total. The summed E-state index contributed by atoms with van der Waals surface area (Å²) in [7, 11) is -9.03. The van der Waals surface area contributed by atoms with Gasteiger partial charge in [0, 0.05) is 10.8 Å². The fourth-order valence-corrected chi connectivity index (χ4v) is 12.9. The van der Waals surface area contributed by atoms with Crippen molar-refractivity contribution in [2.75, 3.05) is 0 Å². The van der Waals surface area contributed by atoms with E-state index in [0.717, 1.165) is 86.1 Å². The van der Waals surface area contributed by atoms with Gasteiger partial charge in [-0.3, -0.25) is 0 Å². The van der Waals surface area contributed by atoms with E-state index in [1.807, 2.05) is 48.5 Å². The Labute approximate surface area is 504 Å². The zero-order valence-corrected chi connectivity index (χ0v) is 53.7. The average Bonchev–Trinajstić information content (AvgIpc) is 3.40. The number of hydrogen-bond acceptors (Lipinski definition) is 6. The van der Waals surface area contributed by atoms with Crippen molar-refractivity contribution in [3.05, 3.63) is 82.9 Å². The van der Waals surface area contributed by atoms with Crippen molar-refractivity contribution < 1.29 is 25.9 Å². The molecule has 0 bridgehead atoms. The molecule has 77 heavy (non-hydrogen) atoms.